The maximum atomic E-state index is 11.3. The van der Waals surface area contributed by atoms with Gasteiger partial charge in [0, 0.05) is 0 Å². The van der Waals surface area contributed by atoms with Crippen molar-refractivity contribution in [3.05, 3.63) is 0 Å². The number of hydrogen-bond donors (Lipinski definition) is 2. The van der Waals surface area contributed by atoms with Crippen LogP contribution in [0.1, 0.15) is 12.8 Å². The number of hydrogen-bond acceptors (Lipinski definition) is 4. The van der Waals surface area contributed by atoms with E-state index >= 15 is 0 Å². The number of carbonyl (C=O) groups is 1. The van der Waals surface area contributed by atoms with E-state index in [1.54, 1.807) is 7.05 Å². The Morgan fingerprint density at radius 1 is 1.54 bits per heavy atom. The molecule has 1 heterocycles. The highest BCUT2D eigenvalue weighted by Crippen LogP contribution is 2.22. The summed E-state index contributed by atoms with van der Waals surface area (Å²) in [5.74, 6) is -0.603. The maximum Gasteiger partial charge on any atom is 0.238 e. The summed E-state index contributed by atoms with van der Waals surface area (Å²) in [6, 6.07) is 0. The Labute approximate surface area is 77.6 Å². The SMILES string of the molecule is CNC1(C(N)=O)CCCS(=O)(=O)C1. The fraction of sp³-hybridized carbons (Fsp3) is 0.857. The monoisotopic (exact) mass is 206 g/mol. The fourth-order valence-corrected chi connectivity index (χ4v) is 3.54. The quantitative estimate of drug-likeness (QED) is 0.584. The molecule has 1 aliphatic heterocycles. The van der Waals surface area contributed by atoms with E-state index in [-0.39, 0.29) is 11.5 Å². The molecule has 1 rings (SSSR count). The Balaban J connectivity index is 2.95. The minimum absolute atomic E-state index is 0.156. The van der Waals surface area contributed by atoms with Gasteiger partial charge in [0.15, 0.2) is 9.84 Å². The van der Waals surface area contributed by atoms with Gasteiger partial charge in [-0.25, -0.2) is 8.42 Å². The molecule has 13 heavy (non-hydrogen) atoms. The zero-order chi connectivity index (χ0) is 10.1. The van der Waals surface area contributed by atoms with Gasteiger partial charge in [-0.1, -0.05) is 0 Å². The van der Waals surface area contributed by atoms with Crippen LogP contribution >= 0.6 is 0 Å². The first-order valence-corrected chi connectivity index (χ1v) is 5.93. The average Bonchev–Trinajstić information content (AvgIpc) is 2.02. The molecule has 1 amide bonds. The number of nitrogens with two attached hydrogens (primary N) is 1. The Bertz CT molecular complexity index is 312. The van der Waals surface area contributed by atoms with Gasteiger partial charge in [0.05, 0.1) is 11.5 Å². The summed E-state index contributed by atoms with van der Waals surface area (Å²) in [5.41, 5.74) is 4.12. The van der Waals surface area contributed by atoms with Crippen LogP contribution in [0.5, 0.6) is 0 Å². The first-order valence-electron chi connectivity index (χ1n) is 4.11. The summed E-state index contributed by atoms with van der Waals surface area (Å²) in [4.78, 5) is 11.1. The standard InChI is InChI=1S/C7H14N2O3S/c1-9-7(6(8)10)3-2-4-13(11,12)5-7/h9H,2-5H2,1H3,(H2,8,10). The molecule has 1 unspecified atom stereocenters. The first kappa shape index (κ1) is 10.5. The third-order valence-corrected chi connectivity index (χ3v) is 4.32. The number of nitrogens with one attached hydrogen (secondary N) is 1. The Morgan fingerprint density at radius 3 is 2.46 bits per heavy atom. The smallest absolute Gasteiger partial charge is 0.238 e. The van der Waals surface area contributed by atoms with E-state index in [2.05, 4.69) is 5.32 Å². The van der Waals surface area contributed by atoms with E-state index in [9.17, 15) is 13.2 Å². The zero-order valence-corrected chi connectivity index (χ0v) is 8.36. The molecule has 0 aromatic heterocycles. The Hall–Kier alpha value is -0.620. The van der Waals surface area contributed by atoms with Gasteiger partial charge in [-0.15, -0.1) is 0 Å². The molecule has 0 bridgehead atoms. The summed E-state index contributed by atoms with van der Waals surface area (Å²) in [7, 11) is -1.55. The number of carbonyl (C=O) groups excluding carboxylic acids is 1. The molecule has 0 aliphatic carbocycles. The van der Waals surface area contributed by atoms with Crippen LogP contribution in [0.4, 0.5) is 0 Å². The van der Waals surface area contributed by atoms with Crippen molar-refractivity contribution in [1.82, 2.24) is 5.32 Å². The van der Waals surface area contributed by atoms with Gasteiger partial charge in [-0.3, -0.25) is 4.79 Å². The highest BCUT2D eigenvalue weighted by molar-refractivity contribution is 7.91. The summed E-state index contributed by atoms with van der Waals surface area (Å²) >= 11 is 0. The second kappa shape index (κ2) is 3.26. The Morgan fingerprint density at radius 2 is 2.15 bits per heavy atom. The van der Waals surface area contributed by atoms with Gasteiger partial charge in [-0.2, -0.15) is 0 Å². The minimum atomic E-state index is -3.11. The van der Waals surface area contributed by atoms with Gasteiger partial charge < -0.3 is 11.1 Å². The number of likely N-dealkylation sites (N-methyl/N-ethyl adjacent to an activating group) is 1. The Kier molecular flexibility index (Phi) is 2.63. The molecular formula is C7H14N2O3S. The number of primary amides is 1. The van der Waals surface area contributed by atoms with Crippen molar-refractivity contribution in [3.63, 3.8) is 0 Å². The van der Waals surface area contributed by atoms with E-state index in [1.165, 1.54) is 0 Å². The van der Waals surface area contributed by atoms with Crippen LogP contribution in [0, 0.1) is 0 Å². The third-order valence-electron chi connectivity index (χ3n) is 2.48. The van der Waals surface area contributed by atoms with Crippen molar-refractivity contribution in [2.24, 2.45) is 5.73 Å². The average molecular weight is 206 g/mol. The number of sulfone groups is 1. The fourth-order valence-electron chi connectivity index (χ4n) is 1.63. The molecule has 0 spiro atoms. The molecule has 0 saturated carbocycles. The highest BCUT2D eigenvalue weighted by Gasteiger charge is 2.42. The molecule has 0 aromatic carbocycles. The molecule has 1 fully saturated rings. The minimum Gasteiger partial charge on any atom is -0.368 e. The van der Waals surface area contributed by atoms with Crippen molar-refractivity contribution in [1.29, 1.82) is 0 Å². The van der Waals surface area contributed by atoms with E-state index in [1.807, 2.05) is 0 Å². The lowest BCUT2D eigenvalue weighted by Crippen LogP contribution is -2.60. The lowest BCUT2D eigenvalue weighted by molar-refractivity contribution is -0.123. The largest absolute Gasteiger partial charge is 0.368 e. The molecule has 1 saturated heterocycles. The third kappa shape index (κ3) is 2.00. The van der Waals surface area contributed by atoms with Crippen LogP contribution in [-0.4, -0.2) is 38.4 Å². The van der Waals surface area contributed by atoms with Gasteiger partial charge in [-0.05, 0) is 19.9 Å². The van der Waals surface area contributed by atoms with E-state index < -0.39 is 21.3 Å². The molecule has 1 aliphatic rings. The molecule has 6 heteroatoms. The topological polar surface area (TPSA) is 89.3 Å². The molecule has 0 aromatic rings. The predicted molar refractivity (Wildman–Crippen MR) is 48.9 cm³/mol. The summed E-state index contributed by atoms with van der Waals surface area (Å²) in [5, 5.41) is 2.72. The lowest BCUT2D eigenvalue weighted by atomic mass is 9.95. The predicted octanol–water partition coefficient (Wildman–Crippen LogP) is -1.36. The van der Waals surface area contributed by atoms with Crippen molar-refractivity contribution >= 4 is 15.7 Å². The van der Waals surface area contributed by atoms with Gasteiger partial charge in [0.2, 0.25) is 5.91 Å². The van der Waals surface area contributed by atoms with Crippen LogP contribution in [0.15, 0.2) is 0 Å². The van der Waals surface area contributed by atoms with E-state index in [4.69, 9.17) is 5.73 Å². The van der Waals surface area contributed by atoms with Crippen molar-refractivity contribution in [2.75, 3.05) is 18.6 Å². The molecule has 0 radical (unpaired) electrons. The van der Waals surface area contributed by atoms with E-state index in [0.717, 1.165) is 0 Å². The second-order valence-corrected chi connectivity index (χ2v) is 5.58. The molecule has 3 N–H and O–H groups in total. The molecule has 76 valence electrons. The van der Waals surface area contributed by atoms with Crippen molar-refractivity contribution in [3.8, 4) is 0 Å². The van der Waals surface area contributed by atoms with Crippen molar-refractivity contribution < 1.29 is 13.2 Å². The molecular weight excluding hydrogens is 192 g/mol. The first-order chi connectivity index (χ1) is 5.92. The second-order valence-electron chi connectivity index (χ2n) is 3.39. The van der Waals surface area contributed by atoms with Crippen molar-refractivity contribution in [2.45, 2.75) is 18.4 Å². The van der Waals surface area contributed by atoms with Crippen LogP contribution in [-0.2, 0) is 14.6 Å². The number of rotatable bonds is 2. The van der Waals surface area contributed by atoms with Crippen LogP contribution in [0.25, 0.3) is 0 Å². The lowest BCUT2D eigenvalue weighted by Gasteiger charge is -2.33. The maximum absolute atomic E-state index is 11.3. The highest BCUT2D eigenvalue weighted by atomic mass is 32.2. The summed E-state index contributed by atoms with van der Waals surface area (Å²) < 4.78 is 22.6. The zero-order valence-electron chi connectivity index (χ0n) is 7.54. The van der Waals surface area contributed by atoms with Crippen LogP contribution in [0.3, 0.4) is 0 Å². The summed E-state index contributed by atoms with van der Waals surface area (Å²) in [6.45, 7) is 0. The number of amides is 1. The van der Waals surface area contributed by atoms with Gasteiger partial charge in [0.25, 0.3) is 0 Å². The van der Waals surface area contributed by atoms with Gasteiger partial charge >= 0.3 is 0 Å². The molecule has 1 atom stereocenters. The van der Waals surface area contributed by atoms with E-state index in [0.29, 0.717) is 12.8 Å². The summed E-state index contributed by atoms with van der Waals surface area (Å²) in [6.07, 6.45) is 0.990. The van der Waals surface area contributed by atoms with Crippen LogP contribution in [0.2, 0.25) is 0 Å². The van der Waals surface area contributed by atoms with Crippen LogP contribution < -0.4 is 11.1 Å². The van der Waals surface area contributed by atoms with Gasteiger partial charge in [0.1, 0.15) is 5.54 Å². The normalized spacial score (nSPS) is 32.7. The molecule has 5 nitrogen and oxygen atoms in total.